The fourth-order valence-corrected chi connectivity index (χ4v) is 2.65. The molecule has 23 heavy (non-hydrogen) atoms. The standard InChI is InChI=1S/C19H28N4/c1-5-10-23(11-6-2)19-21-16(4)13-18(22-19)20-14-17-9-7-8-15(3)12-17/h7-9,12-13H,5-6,10-11,14H2,1-4H3,(H,20,21,22). The van der Waals surface area contributed by atoms with Crippen LogP contribution in [0.4, 0.5) is 11.8 Å². The Balaban J connectivity index is 2.12. The lowest BCUT2D eigenvalue weighted by Gasteiger charge is -2.22. The lowest BCUT2D eigenvalue weighted by molar-refractivity contribution is 0.719. The molecule has 2 aromatic rings. The van der Waals surface area contributed by atoms with Gasteiger partial charge >= 0.3 is 0 Å². The van der Waals surface area contributed by atoms with Crippen LogP contribution in [0, 0.1) is 13.8 Å². The van der Waals surface area contributed by atoms with Gasteiger partial charge in [-0.3, -0.25) is 0 Å². The van der Waals surface area contributed by atoms with Crippen molar-refractivity contribution in [2.24, 2.45) is 0 Å². The average molecular weight is 312 g/mol. The van der Waals surface area contributed by atoms with E-state index in [0.717, 1.165) is 49.9 Å². The summed E-state index contributed by atoms with van der Waals surface area (Å²) in [7, 11) is 0. The van der Waals surface area contributed by atoms with Crippen LogP contribution < -0.4 is 10.2 Å². The van der Waals surface area contributed by atoms with E-state index in [1.54, 1.807) is 0 Å². The first-order chi connectivity index (χ1) is 11.1. The maximum absolute atomic E-state index is 4.71. The van der Waals surface area contributed by atoms with E-state index >= 15 is 0 Å². The molecule has 4 heteroatoms. The predicted molar refractivity (Wildman–Crippen MR) is 98.1 cm³/mol. The summed E-state index contributed by atoms with van der Waals surface area (Å²) in [5, 5.41) is 3.43. The minimum atomic E-state index is 0.777. The Bertz CT molecular complexity index is 619. The summed E-state index contributed by atoms with van der Waals surface area (Å²) in [5.74, 6) is 1.73. The first-order valence-electron chi connectivity index (χ1n) is 8.52. The summed E-state index contributed by atoms with van der Waals surface area (Å²) in [5.41, 5.74) is 3.54. The van der Waals surface area contributed by atoms with Gasteiger partial charge in [0, 0.05) is 31.4 Å². The molecule has 1 N–H and O–H groups in total. The Morgan fingerprint density at radius 3 is 2.39 bits per heavy atom. The van der Waals surface area contributed by atoms with Crippen LogP contribution >= 0.6 is 0 Å². The molecule has 1 aromatic heterocycles. The molecule has 4 nitrogen and oxygen atoms in total. The molecule has 0 atom stereocenters. The van der Waals surface area contributed by atoms with Gasteiger partial charge in [-0.2, -0.15) is 4.98 Å². The van der Waals surface area contributed by atoms with Gasteiger partial charge in [-0.15, -0.1) is 0 Å². The molecule has 0 aliphatic heterocycles. The van der Waals surface area contributed by atoms with Crippen LogP contribution in [0.3, 0.4) is 0 Å². The molecule has 0 saturated heterocycles. The molecule has 0 radical (unpaired) electrons. The average Bonchev–Trinajstić information content (AvgIpc) is 2.52. The number of rotatable bonds is 8. The smallest absolute Gasteiger partial charge is 0.227 e. The third-order valence-corrected chi connectivity index (χ3v) is 3.67. The number of nitrogens with zero attached hydrogens (tertiary/aromatic N) is 3. The van der Waals surface area contributed by atoms with Crippen molar-refractivity contribution >= 4 is 11.8 Å². The Kier molecular flexibility index (Phi) is 6.39. The molecule has 0 saturated carbocycles. The number of hydrogen-bond acceptors (Lipinski definition) is 4. The topological polar surface area (TPSA) is 41.1 Å². The van der Waals surface area contributed by atoms with Crippen molar-refractivity contribution in [2.75, 3.05) is 23.3 Å². The monoisotopic (exact) mass is 312 g/mol. The van der Waals surface area contributed by atoms with E-state index < -0.39 is 0 Å². The van der Waals surface area contributed by atoms with E-state index in [-0.39, 0.29) is 0 Å². The van der Waals surface area contributed by atoms with Crippen LogP contribution in [0.2, 0.25) is 0 Å². The minimum absolute atomic E-state index is 0.777. The predicted octanol–water partition coefficient (Wildman–Crippen LogP) is 4.33. The van der Waals surface area contributed by atoms with Crippen molar-refractivity contribution in [1.82, 2.24) is 9.97 Å². The van der Waals surface area contributed by atoms with Crippen LogP contribution in [-0.4, -0.2) is 23.1 Å². The van der Waals surface area contributed by atoms with E-state index in [1.165, 1.54) is 11.1 Å². The molecule has 0 aliphatic carbocycles. The highest BCUT2D eigenvalue weighted by Crippen LogP contribution is 2.16. The zero-order valence-electron chi connectivity index (χ0n) is 14.8. The molecule has 0 aliphatic rings. The van der Waals surface area contributed by atoms with Gasteiger partial charge < -0.3 is 10.2 Å². The van der Waals surface area contributed by atoms with Gasteiger partial charge in [0.1, 0.15) is 5.82 Å². The van der Waals surface area contributed by atoms with E-state index in [4.69, 9.17) is 4.98 Å². The highest BCUT2D eigenvalue weighted by atomic mass is 15.3. The lowest BCUT2D eigenvalue weighted by atomic mass is 10.1. The second-order valence-electron chi connectivity index (χ2n) is 6.02. The number of benzene rings is 1. The maximum atomic E-state index is 4.71. The first kappa shape index (κ1) is 17.3. The fraction of sp³-hybridized carbons (Fsp3) is 0.474. The van der Waals surface area contributed by atoms with Gasteiger partial charge in [0.25, 0.3) is 0 Å². The number of nitrogens with one attached hydrogen (secondary N) is 1. The van der Waals surface area contributed by atoms with Crippen LogP contribution in [0.1, 0.15) is 43.5 Å². The molecular weight excluding hydrogens is 284 g/mol. The molecule has 0 unspecified atom stereocenters. The van der Waals surface area contributed by atoms with Gasteiger partial charge in [0.05, 0.1) is 0 Å². The molecule has 0 amide bonds. The number of hydrogen-bond donors (Lipinski definition) is 1. The third-order valence-electron chi connectivity index (χ3n) is 3.67. The van der Waals surface area contributed by atoms with Crippen LogP contribution in [-0.2, 0) is 6.54 Å². The highest BCUT2D eigenvalue weighted by molar-refractivity contribution is 5.44. The lowest BCUT2D eigenvalue weighted by Crippen LogP contribution is -2.27. The second-order valence-corrected chi connectivity index (χ2v) is 6.02. The normalized spacial score (nSPS) is 10.6. The van der Waals surface area contributed by atoms with Crippen molar-refractivity contribution in [1.29, 1.82) is 0 Å². The van der Waals surface area contributed by atoms with Crippen molar-refractivity contribution in [3.05, 3.63) is 47.2 Å². The van der Waals surface area contributed by atoms with Crippen molar-refractivity contribution in [2.45, 2.75) is 47.1 Å². The Morgan fingerprint density at radius 1 is 1.00 bits per heavy atom. The summed E-state index contributed by atoms with van der Waals surface area (Å²) in [6, 6.07) is 10.5. The molecule has 2 rings (SSSR count). The Labute approximate surface area is 140 Å². The van der Waals surface area contributed by atoms with Gasteiger partial charge in [-0.05, 0) is 32.3 Å². The molecular formula is C19H28N4. The molecule has 1 heterocycles. The Hall–Kier alpha value is -2.10. The van der Waals surface area contributed by atoms with Crippen molar-refractivity contribution in [3.63, 3.8) is 0 Å². The van der Waals surface area contributed by atoms with Gasteiger partial charge in [-0.1, -0.05) is 43.7 Å². The van der Waals surface area contributed by atoms with E-state index in [1.807, 2.05) is 13.0 Å². The zero-order chi connectivity index (χ0) is 16.7. The van der Waals surface area contributed by atoms with Crippen LogP contribution in [0.5, 0.6) is 0 Å². The van der Waals surface area contributed by atoms with Crippen molar-refractivity contribution < 1.29 is 0 Å². The van der Waals surface area contributed by atoms with Gasteiger partial charge in [0.15, 0.2) is 0 Å². The number of aromatic nitrogens is 2. The van der Waals surface area contributed by atoms with E-state index in [9.17, 15) is 0 Å². The summed E-state index contributed by atoms with van der Waals surface area (Å²) < 4.78 is 0. The Morgan fingerprint density at radius 2 is 1.74 bits per heavy atom. The molecule has 124 valence electrons. The largest absolute Gasteiger partial charge is 0.366 e. The van der Waals surface area contributed by atoms with Crippen molar-refractivity contribution in [3.8, 4) is 0 Å². The third kappa shape index (κ3) is 5.23. The number of aryl methyl sites for hydroxylation is 2. The summed E-state index contributed by atoms with van der Waals surface area (Å²) >= 11 is 0. The molecule has 0 spiro atoms. The zero-order valence-corrected chi connectivity index (χ0v) is 14.8. The van der Waals surface area contributed by atoms with E-state index in [0.29, 0.717) is 0 Å². The van der Waals surface area contributed by atoms with Gasteiger partial charge in [-0.25, -0.2) is 4.98 Å². The summed E-state index contributed by atoms with van der Waals surface area (Å²) in [4.78, 5) is 11.6. The molecule has 1 aromatic carbocycles. The second kappa shape index (κ2) is 8.51. The first-order valence-corrected chi connectivity index (χ1v) is 8.52. The van der Waals surface area contributed by atoms with Crippen LogP contribution in [0.25, 0.3) is 0 Å². The summed E-state index contributed by atoms with van der Waals surface area (Å²) in [6.45, 7) is 11.3. The van der Waals surface area contributed by atoms with Gasteiger partial charge in [0.2, 0.25) is 5.95 Å². The molecule has 0 bridgehead atoms. The van der Waals surface area contributed by atoms with E-state index in [2.05, 4.69) is 60.2 Å². The SMILES string of the molecule is CCCN(CCC)c1nc(C)cc(NCc2cccc(C)c2)n1. The summed E-state index contributed by atoms with van der Waals surface area (Å²) in [6.07, 6.45) is 2.20. The number of anilines is 2. The minimum Gasteiger partial charge on any atom is -0.366 e. The van der Waals surface area contributed by atoms with Crippen LogP contribution in [0.15, 0.2) is 30.3 Å². The fourth-order valence-electron chi connectivity index (χ4n) is 2.65. The highest BCUT2D eigenvalue weighted by Gasteiger charge is 2.10. The maximum Gasteiger partial charge on any atom is 0.227 e. The molecule has 0 fully saturated rings. The quantitative estimate of drug-likeness (QED) is 0.787.